The van der Waals surface area contributed by atoms with Crippen molar-refractivity contribution in [1.82, 2.24) is 4.98 Å². The third-order valence-corrected chi connectivity index (χ3v) is 1.49. The average molecular weight is 204 g/mol. The van der Waals surface area contributed by atoms with E-state index in [0.717, 1.165) is 5.69 Å². The maximum Gasteiger partial charge on any atom is 0.0627 e. The van der Waals surface area contributed by atoms with Crippen molar-refractivity contribution in [2.45, 2.75) is 6.92 Å². The van der Waals surface area contributed by atoms with Crippen molar-refractivity contribution in [3.63, 3.8) is 0 Å². The molecule has 0 saturated carbocycles. The number of rotatable bonds is 2. The number of aromatic nitrogens is 1. The summed E-state index contributed by atoms with van der Waals surface area (Å²) in [5.41, 5.74) is 2.13. The van der Waals surface area contributed by atoms with Crippen LogP contribution in [0.15, 0.2) is 24.4 Å². The van der Waals surface area contributed by atoms with Gasteiger partial charge < -0.3 is 0 Å². The summed E-state index contributed by atoms with van der Waals surface area (Å²) in [4.78, 5) is 4.17. The highest BCUT2D eigenvalue weighted by Crippen LogP contribution is 2.00. The highest BCUT2D eigenvalue weighted by Gasteiger charge is 1.85. The first-order valence-electron chi connectivity index (χ1n) is 3.48. The molecule has 1 heterocycles. The molecular formula is C9H11Cl2N. The lowest BCUT2D eigenvalue weighted by Crippen LogP contribution is -1.80. The van der Waals surface area contributed by atoms with Gasteiger partial charge in [-0.25, -0.2) is 0 Å². The molecule has 1 aromatic heterocycles. The monoisotopic (exact) mass is 203 g/mol. The van der Waals surface area contributed by atoms with E-state index in [2.05, 4.69) is 4.98 Å². The van der Waals surface area contributed by atoms with Gasteiger partial charge in [0, 0.05) is 12.1 Å². The maximum absolute atomic E-state index is 5.47. The molecule has 0 bridgehead atoms. The predicted octanol–water partition coefficient (Wildman–Crippen LogP) is 3.06. The number of halogens is 2. The van der Waals surface area contributed by atoms with E-state index >= 15 is 0 Å². The first-order valence-corrected chi connectivity index (χ1v) is 4.01. The maximum atomic E-state index is 5.47. The molecule has 0 aliphatic heterocycles. The summed E-state index contributed by atoms with van der Waals surface area (Å²) < 4.78 is 0. The van der Waals surface area contributed by atoms with Crippen LogP contribution in [0.1, 0.15) is 11.3 Å². The van der Waals surface area contributed by atoms with Gasteiger partial charge in [0.25, 0.3) is 0 Å². The summed E-state index contributed by atoms with van der Waals surface area (Å²) in [6, 6.07) is 4.00. The van der Waals surface area contributed by atoms with E-state index in [9.17, 15) is 0 Å². The van der Waals surface area contributed by atoms with Crippen molar-refractivity contribution in [1.29, 1.82) is 0 Å². The van der Waals surface area contributed by atoms with Crippen molar-refractivity contribution >= 4 is 30.1 Å². The van der Waals surface area contributed by atoms with Crippen LogP contribution >= 0.6 is 24.0 Å². The van der Waals surface area contributed by atoms with Crippen LogP contribution in [-0.2, 0) is 0 Å². The van der Waals surface area contributed by atoms with Crippen LogP contribution in [-0.4, -0.2) is 10.9 Å². The van der Waals surface area contributed by atoms with E-state index in [-0.39, 0.29) is 12.4 Å². The van der Waals surface area contributed by atoms with E-state index in [1.165, 1.54) is 5.56 Å². The molecule has 0 aromatic carbocycles. The van der Waals surface area contributed by atoms with Gasteiger partial charge in [-0.15, -0.1) is 24.0 Å². The Morgan fingerprint density at radius 2 is 2.25 bits per heavy atom. The smallest absolute Gasteiger partial charge is 0.0627 e. The van der Waals surface area contributed by atoms with Crippen LogP contribution in [0.25, 0.3) is 6.08 Å². The number of aryl methyl sites for hydroxylation is 1. The van der Waals surface area contributed by atoms with Crippen molar-refractivity contribution in [3.05, 3.63) is 35.7 Å². The zero-order valence-electron chi connectivity index (χ0n) is 6.83. The molecule has 0 fully saturated rings. The SMILES string of the molecule is Cc1ccc(/C=C/CCl)nc1.Cl. The van der Waals surface area contributed by atoms with E-state index in [0.29, 0.717) is 5.88 Å². The van der Waals surface area contributed by atoms with E-state index in [1.807, 2.05) is 37.4 Å². The zero-order chi connectivity index (χ0) is 8.10. The van der Waals surface area contributed by atoms with E-state index < -0.39 is 0 Å². The summed E-state index contributed by atoms with van der Waals surface area (Å²) >= 11 is 5.47. The molecule has 0 radical (unpaired) electrons. The second-order valence-corrected chi connectivity index (χ2v) is 2.63. The Bertz CT molecular complexity index is 241. The number of hydrogen-bond acceptors (Lipinski definition) is 1. The van der Waals surface area contributed by atoms with Crippen LogP contribution < -0.4 is 0 Å². The molecule has 0 unspecified atom stereocenters. The molecule has 3 heteroatoms. The van der Waals surface area contributed by atoms with E-state index in [1.54, 1.807) is 0 Å². The molecule has 0 saturated heterocycles. The van der Waals surface area contributed by atoms with Gasteiger partial charge in [-0.2, -0.15) is 0 Å². The molecular weight excluding hydrogens is 193 g/mol. The van der Waals surface area contributed by atoms with Gasteiger partial charge in [-0.1, -0.05) is 12.1 Å². The average Bonchev–Trinajstić information content (AvgIpc) is 2.04. The second-order valence-electron chi connectivity index (χ2n) is 2.32. The lowest BCUT2D eigenvalue weighted by Gasteiger charge is -1.92. The number of pyridine rings is 1. The Hall–Kier alpha value is -0.530. The third-order valence-electron chi connectivity index (χ3n) is 1.31. The van der Waals surface area contributed by atoms with E-state index in [4.69, 9.17) is 11.6 Å². The Labute approximate surface area is 83.9 Å². The summed E-state index contributed by atoms with van der Waals surface area (Å²) in [7, 11) is 0. The number of alkyl halides is 1. The van der Waals surface area contributed by atoms with Gasteiger partial charge in [0.1, 0.15) is 0 Å². The molecule has 0 spiro atoms. The summed E-state index contributed by atoms with van der Waals surface area (Å²) in [6.45, 7) is 2.02. The molecule has 66 valence electrons. The Morgan fingerprint density at radius 1 is 1.50 bits per heavy atom. The normalized spacial score (nSPS) is 9.83. The number of allylic oxidation sites excluding steroid dienone is 1. The molecule has 12 heavy (non-hydrogen) atoms. The lowest BCUT2D eigenvalue weighted by atomic mass is 10.2. The largest absolute Gasteiger partial charge is 0.257 e. The highest BCUT2D eigenvalue weighted by molar-refractivity contribution is 6.19. The van der Waals surface area contributed by atoms with Crippen LogP contribution in [0.4, 0.5) is 0 Å². The van der Waals surface area contributed by atoms with Crippen LogP contribution in [0.5, 0.6) is 0 Å². The number of nitrogens with zero attached hydrogens (tertiary/aromatic N) is 1. The van der Waals surface area contributed by atoms with Gasteiger partial charge >= 0.3 is 0 Å². The Balaban J connectivity index is 0.00000121. The summed E-state index contributed by atoms with van der Waals surface area (Å²) in [6.07, 6.45) is 5.62. The first-order chi connectivity index (χ1) is 5.33. The standard InChI is InChI=1S/C9H10ClN.ClH/c1-8-4-5-9(11-7-8)3-2-6-10;/h2-5,7H,6H2,1H3;1H/b3-2+;. The topological polar surface area (TPSA) is 12.9 Å². The molecule has 0 atom stereocenters. The van der Waals surface area contributed by atoms with Gasteiger partial charge in [0.2, 0.25) is 0 Å². The molecule has 0 aliphatic carbocycles. The Kier molecular flexibility index (Phi) is 5.77. The van der Waals surface area contributed by atoms with Gasteiger partial charge in [-0.05, 0) is 24.6 Å². The minimum atomic E-state index is 0. The fourth-order valence-corrected chi connectivity index (χ4v) is 0.832. The molecule has 0 N–H and O–H groups in total. The minimum absolute atomic E-state index is 0. The fraction of sp³-hybridized carbons (Fsp3) is 0.222. The zero-order valence-corrected chi connectivity index (χ0v) is 8.40. The second kappa shape index (κ2) is 6.04. The number of hydrogen-bond donors (Lipinski definition) is 0. The Morgan fingerprint density at radius 3 is 2.75 bits per heavy atom. The van der Waals surface area contributed by atoms with Crippen molar-refractivity contribution in [2.24, 2.45) is 0 Å². The summed E-state index contributed by atoms with van der Waals surface area (Å²) in [5, 5.41) is 0. The molecule has 0 aliphatic rings. The molecule has 1 nitrogen and oxygen atoms in total. The van der Waals surface area contributed by atoms with Crippen molar-refractivity contribution < 1.29 is 0 Å². The van der Waals surface area contributed by atoms with Crippen molar-refractivity contribution in [3.8, 4) is 0 Å². The minimum Gasteiger partial charge on any atom is -0.257 e. The molecule has 1 rings (SSSR count). The fourth-order valence-electron chi connectivity index (χ4n) is 0.743. The highest BCUT2D eigenvalue weighted by atomic mass is 35.5. The van der Waals surface area contributed by atoms with Crippen LogP contribution in [0.3, 0.4) is 0 Å². The quantitative estimate of drug-likeness (QED) is 0.674. The first kappa shape index (κ1) is 11.5. The summed E-state index contributed by atoms with van der Waals surface area (Å²) in [5.74, 6) is 0.537. The van der Waals surface area contributed by atoms with Gasteiger partial charge in [-0.3, -0.25) is 4.98 Å². The predicted molar refractivity (Wildman–Crippen MR) is 56.0 cm³/mol. The van der Waals surface area contributed by atoms with Crippen LogP contribution in [0, 0.1) is 6.92 Å². The van der Waals surface area contributed by atoms with Crippen molar-refractivity contribution in [2.75, 3.05) is 5.88 Å². The molecule has 0 amide bonds. The molecule has 1 aromatic rings. The van der Waals surface area contributed by atoms with Gasteiger partial charge in [0.15, 0.2) is 0 Å². The van der Waals surface area contributed by atoms with Crippen LogP contribution in [0.2, 0.25) is 0 Å². The lowest BCUT2D eigenvalue weighted by molar-refractivity contribution is 1.24. The third kappa shape index (κ3) is 3.74. The van der Waals surface area contributed by atoms with Gasteiger partial charge in [0.05, 0.1) is 5.69 Å².